The van der Waals surface area contributed by atoms with E-state index in [9.17, 15) is 9.18 Å². The van der Waals surface area contributed by atoms with Crippen molar-refractivity contribution in [3.8, 4) is 11.5 Å². The summed E-state index contributed by atoms with van der Waals surface area (Å²) in [6.07, 6.45) is 4.63. The smallest absolute Gasteiger partial charge is 0.256 e. The topological polar surface area (TPSA) is 93.7 Å². The fourth-order valence-electron chi connectivity index (χ4n) is 3.46. The molecule has 3 N–H and O–H groups in total. The summed E-state index contributed by atoms with van der Waals surface area (Å²) in [6, 6.07) is 6.32. The first-order chi connectivity index (χ1) is 16.8. The molecule has 0 fully saturated rings. The number of pyridine rings is 1. The first-order valence-corrected chi connectivity index (χ1v) is 11.7. The summed E-state index contributed by atoms with van der Waals surface area (Å²) < 4.78 is 30.6. The highest BCUT2D eigenvalue weighted by Crippen LogP contribution is 2.28. The van der Waals surface area contributed by atoms with Gasteiger partial charge in [-0.2, -0.15) is 0 Å². The van der Waals surface area contributed by atoms with E-state index in [4.69, 9.17) is 26.4 Å². The molecule has 0 aliphatic carbocycles. The number of thiocarbonyl (C=S) groups is 1. The number of halogens is 1. The van der Waals surface area contributed by atoms with Gasteiger partial charge >= 0.3 is 0 Å². The Morgan fingerprint density at radius 3 is 2.83 bits per heavy atom. The highest BCUT2D eigenvalue weighted by atomic mass is 32.1. The third-order valence-corrected chi connectivity index (χ3v) is 6.02. The predicted octanol–water partition coefficient (Wildman–Crippen LogP) is 3.73. The van der Waals surface area contributed by atoms with Gasteiger partial charge < -0.3 is 30.2 Å². The third kappa shape index (κ3) is 6.89. The van der Waals surface area contributed by atoms with Gasteiger partial charge in [-0.3, -0.25) is 9.78 Å². The van der Waals surface area contributed by atoms with E-state index in [1.807, 2.05) is 19.9 Å². The molecule has 35 heavy (non-hydrogen) atoms. The Labute approximate surface area is 210 Å². The van der Waals surface area contributed by atoms with Crippen molar-refractivity contribution < 1.29 is 23.4 Å². The fourth-order valence-corrected chi connectivity index (χ4v) is 3.79. The van der Waals surface area contributed by atoms with Crippen LogP contribution in [0.2, 0.25) is 0 Å². The summed E-state index contributed by atoms with van der Waals surface area (Å²) in [5.74, 6) is -0.157. The normalized spacial score (nSPS) is 13.8. The number of benzene rings is 1. The van der Waals surface area contributed by atoms with Gasteiger partial charge in [0.1, 0.15) is 10.7 Å². The number of nitrogens with zero attached hydrogens (tertiary/aromatic N) is 1. The number of nitrogens with one attached hydrogen (secondary N) is 3. The number of ether oxygens (including phenoxy) is 3. The Morgan fingerprint density at radius 1 is 1.29 bits per heavy atom. The van der Waals surface area contributed by atoms with Gasteiger partial charge in [-0.1, -0.05) is 18.3 Å². The maximum atomic E-state index is 14.1. The van der Waals surface area contributed by atoms with Gasteiger partial charge in [-0.15, -0.1) is 0 Å². The van der Waals surface area contributed by atoms with Crippen LogP contribution in [0, 0.1) is 5.82 Å². The van der Waals surface area contributed by atoms with Crippen LogP contribution < -0.4 is 25.4 Å². The largest absolute Gasteiger partial charge is 0.492 e. The molecule has 10 heteroatoms. The number of aromatic nitrogens is 1. The lowest BCUT2D eigenvalue weighted by atomic mass is 10.1. The molecule has 0 unspecified atom stereocenters. The van der Waals surface area contributed by atoms with Crippen LogP contribution in [0.15, 0.2) is 47.9 Å². The molecule has 8 nitrogen and oxygen atoms in total. The second kappa shape index (κ2) is 11.9. The van der Waals surface area contributed by atoms with Crippen molar-refractivity contribution in [2.24, 2.45) is 0 Å². The Balaban J connectivity index is 1.75. The number of hydrogen-bond donors (Lipinski definition) is 3. The Morgan fingerprint density at radius 2 is 2.09 bits per heavy atom. The minimum Gasteiger partial charge on any atom is -0.492 e. The van der Waals surface area contributed by atoms with E-state index in [0.29, 0.717) is 55.2 Å². The van der Waals surface area contributed by atoms with Gasteiger partial charge in [0.25, 0.3) is 5.91 Å². The summed E-state index contributed by atoms with van der Waals surface area (Å²) in [6.45, 7) is 5.35. The van der Waals surface area contributed by atoms with Gasteiger partial charge in [0.15, 0.2) is 11.6 Å². The highest BCUT2D eigenvalue weighted by molar-refractivity contribution is 7.81. The van der Waals surface area contributed by atoms with E-state index in [1.165, 1.54) is 19.2 Å². The molecule has 2 aromatic rings. The second-order valence-electron chi connectivity index (χ2n) is 8.53. The first-order valence-electron chi connectivity index (χ1n) is 11.3. The molecule has 1 aromatic heterocycles. The Kier molecular flexibility index (Phi) is 9.00. The molecule has 1 aromatic carbocycles. The molecule has 0 radical (unpaired) electrons. The number of amides is 1. The van der Waals surface area contributed by atoms with Crippen LogP contribution in [0.25, 0.3) is 0 Å². The standard InChI is InChI=1S/C25H31FN4O4S/c1-25(2,33-4)10-13-34-20-15-27-11-8-16(20)14-29-18-9-12-28-23(31)21(18)24(35)30-19-7-5-6-17(26)22(19)32-3/h5-8,11,15,29H,9-10,12-14H2,1-4H3,(H,28,31)(H,30,35). The Bertz CT molecular complexity index is 1110. The van der Waals surface area contributed by atoms with Gasteiger partial charge in [-0.05, 0) is 32.0 Å². The Hall–Kier alpha value is -3.24. The quantitative estimate of drug-likeness (QED) is 0.401. The molecule has 1 aliphatic rings. The zero-order valence-corrected chi connectivity index (χ0v) is 21.2. The van der Waals surface area contributed by atoms with E-state index in [1.54, 1.807) is 25.6 Å². The zero-order valence-electron chi connectivity index (χ0n) is 20.4. The SMILES string of the molecule is COc1c(F)cccc1NC(=S)C1=C(NCc2ccncc2OCCC(C)(C)OC)CCNC1=O. The highest BCUT2D eigenvalue weighted by Gasteiger charge is 2.25. The number of methoxy groups -OCH3 is 2. The van der Waals surface area contributed by atoms with Crippen LogP contribution in [0.1, 0.15) is 32.3 Å². The summed E-state index contributed by atoms with van der Waals surface area (Å²) in [5, 5.41) is 9.10. The lowest BCUT2D eigenvalue weighted by Gasteiger charge is -2.24. The molecule has 0 atom stereocenters. The van der Waals surface area contributed by atoms with Crippen LogP contribution in [-0.2, 0) is 16.1 Å². The van der Waals surface area contributed by atoms with Gasteiger partial charge in [0.2, 0.25) is 0 Å². The van der Waals surface area contributed by atoms with E-state index >= 15 is 0 Å². The summed E-state index contributed by atoms with van der Waals surface area (Å²) in [4.78, 5) is 17.0. The van der Waals surface area contributed by atoms with Crippen molar-refractivity contribution in [3.05, 3.63) is 59.3 Å². The molecule has 0 saturated heterocycles. The molecule has 3 rings (SSSR count). The molecule has 1 aliphatic heterocycles. The number of carbonyl (C=O) groups is 1. The van der Waals surface area contributed by atoms with E-state index in [0.717, 1.165) is 5.56 Å². The van der Waals surface area contributed by atoms with Crippen LogP contribution in [0.5, 0.6) is 11.5 Å². The minimum absolute atomic E-state index is 0.0244. The third-order valence-electron chi connectivity index (χ3n) is 5.71. The number of carbonyl (C=O) groups excluding carboxylic acids is 1. The van der Waals surface area contributed by atoms with Gasteiger partial charge in [-0.25, -0.2) is 4.39 Å². The van der Waals surface area contributed by atoms with E-state index < -0.39 is 5.82 Å². The zero-order chi connectivity index (χ0) is 25.4. The van der Waals surface area contributed by atoms with E-state index in [2.05, 4.69) is 20.9 Å². The van der Waals surface area contributed by atoms with E-state index in [-0.39, 0.29) is 22.2 Å². The van der Waals surface area contributed by atoms with Crippen LogP contribution in [0.3, 0.4) is 0 Å². The monoisotopic (exact) mass is 502 g/mol. The number of hydrogen-bond acceptors (Lipinski definition) is 7. The maximum Gasteiger partial charge on any atom is 0.256 e. The van der Waals surface area contributed by atoms with Crippen LogP contribution in [0.4, 0.5) is 10.1 Å². The van der Waals surface area contributed by atoms with Crippen LogP contribution in [-0.4, -0.2) is 48.9 Å². The average molecular weight is 503 g/mol. The number of rotatable bonds is 11. The first kappa shape index (κ1) is 26.4. The maximum absolute atomic E-state index is 14.1. The predicted molar refractivity (Wildman–Crippen MR) is 136 cm³/mol. The lowest BCUT2D eigenvalue weighted by molar-refractivity contribution is -0.117. The van der Waals surface area contributed by atoms with Gasteiger partial charge in [0.05, 0.1) is 36.8 Å². The van der Waals surface area contributed by atoms with Crippen molar-refractivity contribution in [2.45, 2.75) is 38.8 Å². The molecule has 2 heterocycles. The molecule has 188 valence electrons. The van der Waals surface area contributed by atoms with Crippen molar-refractivity contribution in [2.75, 3.05) is 32.7 Å². The second-order valence-corrected chi connectivity index (χ2v) is 8.94. The van der Waals surface area contributed by atoms with Gasteiger partial charge in [0, 0.05) is 50.5 Å². The number of anilines is 1. The van der Waals surface area contributed by atoms with Crippen molar-refractivity contribution in [1.82, 2.24) is 15.6 Å². The average Bonchev–Trinajstić information content (AvgIpc) is 2.83. The molecular weight excluding hydrogens is 471 g/mol. The molecular formula is C25H31FN4O4S. The molecule has 0 bridgehead atoms. The summed E-state index contributed by atoms with van der Waals surface area (Å²) in [5.41, 5.74) is 1.93. The molecule has 0 saturated carbocycles. The molecule has 0 spiro atoms. The fraction of sp³-hybridized carbons (Fsp3) is 0.400. The van der Waals surface area contributed by atoms with Crippen molar-refractivity contribution in [1.29, 1.82) is 0 Å². The minimum atomic E-state index is -0.528. The van der Waals surface area contributed by atoms with Crippen molar-refractivity contribution >= 4 is 28.8 Å². The van der Waals surface area contributed by atoms with Crippen molar-refractivity contribution in [3.63, 3.8) is 0 Å². The van der Waals surface area contributed by atoms with Crippen LogP contribution >= 0.6 is 12.2 Å². The lowest BCUT2D eigenvalue weighted by Crippen LogP contribution is -2.39. The summed E-state index contributed by atoms with van der Waals surface area (Å²) in [7, 11) is 3.05. The number of para-hydroxylation sites is 1. The summed E-state index contributed by atoms with van der Waals surface area (Å²) >= 11 is 5.53. The molecule has 1 amide bonds.